The van der Waals surface area contributed by atoms with Gasteiger partial charge in [0.15, 0.2) is 5.75 Å². The Morgan fingerprint density at radius 2 is 2.12 bits per heavy atom. The molecule has 8 heteroatoms. The van der Waals surface area contributed by atoms with E-state index in [1.807, 2.05) is 0 Å². The first kappa shape index (κ1) is 18.1. The number of thioether (sulfide) groups is 1. The number of ether oxygens (including phenoxy) is 1. The van der Waals surface area contributed by atoms with E-state index in [4.69, 9.17) is 16.3 Å². The first-order chi connectivity index (χ1) is 11.5. The number of nitro benzene ring substituents is 1. The van der Waals surface area contributed by atoms with Crippen molar-refractivity contribution in [1.29, 1.82) is 0 Å². The van der Waals surface area contributed by atoms with Gasteiger partial charge >= 0.3 is 5.69 Å². The normalized spacial score (nSPS) is 10.2. The molecule has 0 aliphatic heterocycles. The lowest BCUT2D eigenvalue weighted by Gasteiger charge is -2.07. The Kier molecular flexibility index (Phi) is 6.45. The van der Waals surface area contributed by atoms with Gasteiger partial charge in [-0.3, -0.25) is 14.9 Å². The molecule has 0 saturated heterocycles. The molecule has 6 nitrogen and oxygen atoms in total. The Morgan fingerprint density at radius 3 is 2.79 bits per heavy atom. The van der Waals surface area contributed by atoms with Crippen molar-refractivity contribution in [2.75, 3.05) is 18.2 Å². The van der Waals surface area contributed by atoms with Crippen molar-refractivity contribution in [3.63, 3.8) is 0 Å². The molecule has 0 saturated carbocycles. The molecule has 24 heavy (non-hydrogen) atoms. The molecule has 0 bridgehead atoms. The van der Waals surface area contributed by atoms with Crippen LogP contribution in [0.1, 0.15) is 5.56 Å². The van der Waals surface area contributed by atoms with Crippen LogP contribution in [0.5, 0.6) is 5.75 Å². The number of hydrogen-bond donors (Lipinski definition) is 1. The van der Waals surface area contributed by atoms with Gasteiger partial charge in [-0.15, -0.1) is 11.8 Å². The first-order valence-corrected chi connectivity index (χ1v) is 8.47. The number of halogens is 1. The van der Waals surface area contributed by atoms with Gasteiger partial charge in [-0.25, -0.2) is 0 Å². The SMILES string of the molecule is COc1ccc(CSCC(=O)Nc2cccc(Cl)c2)cc1[N+](=O)[O-]. The lowest BCUT2D eigenvalue weighted by Crippen LogP contribution is -2.14. The number of hydrogen-bond acceptors (Lipinski definition) is 5. The summed E-state index contributed by atoms with van der Waals surface area (Å²) in [7, 11) is 1.39. The molecule has 0 aliphatic rings. The number of nitro groups is 1. The van der Waals surface area contributed by atoms with E-state index in [0.717, 1.165) is 5.56 Å². The second-order valence-corrected chi connectivity index (χ2v) is 6.24. The zero-order chi connectivity index (χ0) is 17.5. The van der Waals surface area contributed by atoms with Gasteiger partial charge < -0.3 is 10.1 Å². The van der Waals surface area contributed by atoms with Gasteiger partial charge in [0.1, 0.15) is 0 Å². The van der Waals surface area contributed by atoms with E-state index in [1.165, 1.54) is 24.9 Å². The molecule has 1 N–H and O–H groups in total. The molecule has 126 valence electrons. The number of carbonyl (C=O) groups is 1. The predicted octanol–water partition coefficient (Wildman–Crippen LogP) is 4.13. The summed E-state index contributed by atoms with van der Waals surface area (Å²) in [6.07, 6.45) is 0. The minimum absolute atomic E-state index is 0.0843. The molecule has 0 fully saturated rings. The topological polar surface area (TPSA) is 81.5 Å². The van der Waals surface area contributed by atoms with Gasteiger partial charge in [0.2, 0.25) is 5.91 Å². The zero-order valence-electron chi connectivity index (χ0n) is 12.8. The van der Waals surface area contributed by atoms with Gasteiger partial charge in [0.05, 0.1) is 17.8 Å². The maximum Gasteiger partial charge on any atom is 0.311 e. The standard InChI is InChI=1S/C16H15ClN2O4S/c1-23-15-6-5-11(7-14(15)19(21)22)9-24-10-16(20)18-13-4-2-3-12(17)8-13/h2-8H,9-10H2,1H3,(H,18,20). The Hall–Kier alpha value is -2.25. The summed E-state index contributed by atoms with van der Waals surface area (Å²) >= 11 is 7.22. The molecule has 0 spiro atoms. The fourth-order valence-electron chi connectivity index (χ4n) is 1.99. The van der Waals surface area contributed by atoms with Crippen LogP contribution in [0, 0.1) is 10.1 Å². The molecular weight excluding hydrogens is 352 g/mol. The molecule has 0 aliphatic carbocycles. The maximum absolute atomic E-state index is 11.9. The third-order valence-electron chi connectivity index (χ3n) is 3.05. The van der Waals surface area contributed by atoms with E-state index in [-0.39, 0.29) is 23.1 Å². The molecule has 0 radical (unpaired) electrons. The van der Waals surface area contributed by atoms with E-state index in [2.05, 4.69) is 5.32 Å². The number of carbonyl (C=O) groups excluding carboxylic acids is 1. The third-order valence-corrected chi connectivity index (χ3v) is 4.29. The predicted molar refractivity (Wildman–Crippen MR) is 95.9 cm³/mol. The molecule has 2 rings (SSSR count). The summed E-state index contributed by atoms with van der Waals surface area (Å²) in [5, 5.41) is 14.3. The van der Waals surface area contributed by atoms with E-state index >= 15 is 0 Å². The smallest absolute Gasteiger partial charge is 0.311 e. The molecule has 2 aromatic rings. The largest absolute Gasteiger partial charge is 0.490 e. The summed E-state index contributed by atoms with van der Waals surface area (Å²) in [6, 6.07) is 11.6. The minimum Gasteiger partial charge on any atom is -0.490 e. The number of rotatable bonds is 7. The number of methoxy groups -OCH3 is 1. The highest BCUT2D eigenvalue weighted by atomic mass is 35.5. The molecule has 1 amide bonds. The molecule has 0 atom stereocenters. The number of anilines is 1. The van der Waals surface area contributed by atoms with Gasteiger partial charge in [0, 0.05) is 22.5 Å². The second kappa shape index (κ2) is 8.56. The van der Waals surface area contributed by atoms with Crippen LogP contribution >= 0.6 is 23.4 Å². The van der Waals surface area contributed by atoms with Gasteiger partial charge in [-0.1, -0.05) is 23.7 Å². The monoisotopic (exact) mass is 366 g/mol. The Balaban J connectivity index is 1.88. The average molecular weight is 367 g/mol. The van der Waals surface area contributed by atoms with Crippen molar-refractivity contribution in [2.45, 2.75) is 5.75 Å². The summed E-state index contributed by atoms with van der Waals surface area (Å²) in [5.41, 5.74) is 1.30. The highest BCUT2D eigenvalue weighted by Crippen LogP contribution is 2.29. The summed E-state index contributed by atoms with van der Waals surface area (Å²) in [6.45, 7) is 0. The van der Waals surface area contributed by atoms with Crippen molar-refractivity contribution in [3.8, 4) is 5.75 Å². The number of nitrogens with one attached hydrogen (secondary N) is 1. The molecule has 0 unspecified atom stereocenters. The van der Waals surface area contributed by atoms with Crippen molar-refractivity contribution in [2.24, 2.45) is 0 Å². The molecular formula is C16H15ClN2O4S. The van der Waals surface area contributed by atoms with Crippen molar-refractivity contribution >= 4 is 40.6 Å². The van der Waals surface area contributed by atoms with Crippen LogP contribution in [-0.2, 0) is 10.5 Å². The highest BCUT2D eigenvalue weighted by Gasteiger charge is 2.15. The van der Waals surface area contributed by atoms with Crippen molar-refractivity contribution < 1.29 is 14.5 Å². The first-order valence-electron chi connectivity index (χ1n) is 6.94. The lowest BCUT2D eigenvalue weighted by atomic mass is 10.2. The van der Waals surface area contributed by atoms with Crippen LogP contribution < -0.4 is 10.1 Å². The summed E-state index contributed by atoms with van der Waals surface area (Å²) in [4.78, 5) is 22.4. The van der Waals surface area contributed by atoms with Crippen LogP contribution in [0.2, 0.25) is 5.02 Å². The summed E-state index contributed by atoms with van der Waals surface area (Å²) in [5.74, 6) is 0.762. The van der Waals surface area contributed by atoms with E-state index in [0.29, 0.717) is 16.5 Å². The van der Waals surface area contributed by atoms with Crippen LogP contribution in [-0.4, -0.2) is 23.7 Å². The minimum atomic E-state index is -0.487. The van der Waals surface area contributed by atoms with Gasteiger partial charge in [-0.05, 0) is 29.8 Å². The van der Waals surface area contributed by atoms with Crippen LogP contribution in [0.3, 0.4) is 0 Å². The Bertz CT molecular complexity index is 755. The molecule has 0 heterocycles. The highest BCUT2D eigenvalue weighted by molar-refractivity contribution is 7.99. The quantitative estimate of drug-likeness (QED) is 0.588. The maximum atomic E-state index is 11.9. The molecule has 0 aromatic heterocycles. The van der Waals surface area contributed by atoms with Crippen molar-refractivity contribution in [3.05, 3.63) is 63.2 Å². The van der Waals surface area contributed by atoms with Crippen molar-refractivity contribution in [1.82, 2.24) is 0 Å². The fraction of sp³-hybridized carbons (Fsp3) is 0.188. The van der Waals surface area contributed by atoms with Gasteiger partial charge in [0.25, 0.3) is 0 Å². The van der Waals surface area contributed by atoms with E-state index in [1.54, 1.807) is 36.4 Å². The Labute approximate surface area is 148 Å². The van der Waals surface area contributed by atoms with E-state index < -0.39 is 4.92 Å². The number of benzene rings is 2. The third kappa shape index (κ3) is 5.14. The average Bonchev–Trinajstić information content (AvgIpc) is 2.54. The fourth-order valence-corrected chi connectivity index (χ4v) is 2.96. The molecule has 2 aromatic carbocycles. The Morgan fingerprint density at radius 1 is 1.33 bits per heavy atom. The van der Waals surface area contributed by atoms with Crippen LogP contribution in [0.25, 0.3) is 0 Å². The second-order valence-electron chi connectivity index (χ2n) is 4.81. The lowest BCUT2D eigenvalue weighted by molar-refractivity contribution is -0.385. The number of amides is 1. The zero-order valence-corrected chi connectivity index (χ0v) is 14.4. The van der Waals surface area contributed by atoms with E-state index in [9.17, 15) is 14.9 Å². The van der Waals surface area contributed by atoms with Gasteiger partial charge in [-0.2, -0.15) is 0 Å². The number of nitrogens with zero attached hydrogens (tertiary/aromatic N) is 1. The summed E-state index contributed by atoms with van der Waals surface area (Å²) < 4.78 is 4.96. The van der Waals surface area contributed by atoms with Crippen LogP contribution in [0.4, 0.5) is 11.4 Å². The van der Waals surface area contributed by atoms with Crippen LogP contribution in [0.15, 0.2) is 42.5 Å².